The van der Waals surface area contributed by atoms with E-state index in [-0.39, 0.29) is 48.1 Å². The molecule has 1 saturated carbocycles. The van der Waals surface area contributed by atoms with Gasteiger partial charge < -0.3 is 15.8 Å². The Morgan fingerprint density at radius 2 is 1.94 bits per heavy atom. The summed E-state index contributed by atoms with van der Waals surface area (Å²) in [4.78, 5) is 55.1. The Morgan fingerprint density at radius 1 is 1.19 bits per heavy atom. The number of fused-ring (bicyclic) bond motifs is 1. The van der Waals surface area contributed by atoms with E-state index in [1.54, 1.807) is 18.2 Å². The van der Waals surface area contributed by atoms with E-state index in [4.69, 9.17) is 33.7 Å². The minimum atomic E-state index is -0.683. The molecule has 192 valence electrons. The van der Waals surface area contributed by atoms with Crippen molar-refractivity contribution >= 4 is 52.2 Å². The van der Waals surface area contributed by atoms with Gasteiger partial charge >= 0.3 is 11.7 Å². The fourth-order valence-corrected chi connectivity index (χ4v) is 4.96. The van der Waals surface area contributed by atoms with Crippen molar-refractivity contribution in [3.63, 3.8) is 0 Å². The maximum absolute atomic E-state index is 13.5. The van der Waals surface area contributed by atoms with Gasteiger partial charge in [-0.3, -0.25) is 28.1 Å². The molecule has 1 aliphatic rings. The van der Waals surface area contributed by atoms with Crippen LogP contribution in [0, 0.1) is 5.92 Å². The maximum Gasteiger partial charge on any atom is 0.332 e. The summed E-state index contributed by atoms with van der Waals surface area (Å²) in [5.41, 5.74) is 5.03. The topological polar surface area (TPSA) is 143 Å². The first kappa shape index (κ1) is 25.8. The van der Waals surface area contributed by atoms with Gasteiger partial charge in [-0.05, 0) is 37.0 Å². The van der Waals surface area contributed by atoms with E-state index in [2.05, 4.69) is 10.3 Å². The predicted molar refractivity (Wildman–Crippen MR) is 135 cm³/mol. The van der Waals surface area contributed by atoms with Crippen molar-refractivity contribution in [3.8, 4) is 0 Å². The van der Waals surface area contributed by atoms with Crippen LogP contribution in [0.1, 0.15) is 31.2 Å². The van der Waals surface area contributed by atoms with Crippen molar-refractivity contribution in [2.45, 2.75) is 44.8 Å². The number of ether oxygens (including phenoxy) is 1. The fourth-order valence-electron chi connectivity index (χ4n) is 4.64. The summed E-state index contributed by atoms with van der Waals surface area (Å²) >= 11 is 12.1. The lowest BCUT2D eigenvalue weighted by atomic mass is 9.86. The van der Waals surface area contributed by atoms with Crippen LogP contribution in [0.25, 0.3) is 11.2 Å². The van der Waals surface area contributed by atoms with Gasteiger partial charge in [0.15, 0.2) is 11.2 Å². The Hall–Kier alpha value is -3.31. The number of amides is 1. The molecule has 4 rings (SSSR count). The van der Waals surface area contributed by atoms with Gasteiger partial charge in [0, 0.05) is 13.1 Å². The van der Waals surface area contributed by atoms with Gasteiger partial charge in [0.1, 0.15) is 6.54 Å². The molecule has 0 radical (unpaired) electrons. The van der Waals surface area contributed by atoms with Gasteiger partial charge in [-0.25, -0.2) is 4.79 Å². The quantitative estimate of drug-likeness (QED) is 0.438. The Kier molecular flexibility index (Phi) is 7.41. The highest BCUT2D eigenvalue weighted by Crippen LogP contribution is 2.28. The molecular weight excluding hydrogens is 511 g/mol. The molecule has 3 N–H and O–H groups in total. The van der Waals surface area contributed by atoms with Gasteiger partial charge in [-0.15, -0.1) is 0 Å². The predicted octanol–water partition coefficient (Wildman–Crippen LogP) is 1.88. The fraction of sp³-hybridized carbons (Fsp3) is 0.435. The second-order valence-electron chi connectivity index (χ2n) is 8.87. The van der Waals surface area contributed by atoms with Crippen LogP contribution in [-0.2, 0) is 34.5 Å². The van der Waals surface area contributed by atoms with Crippen LogP contribution in [0.2, 0.25) is 10.0 Å². The van der Waals surface area contributed by atoms with Crippen molar-refractivity contribution in [1.82, 2.24) is 18.7 Å². The molecule has 0 aliphatic heterocycles. The van der Waals surface area contributed by atoms with Crippen LogP contribution in [-0.4, -0.2) is 43.7 Å². The molecule has 2 atom stereocenters. The number of nitrogens with two attached hydrogens (primary N) is 1. The van der Waals surface area contributed by atoms with Gasteiger partial charge in [0.2, 0.25) is 11.9 Å². The number of imidazole rings is 1. The number of aromatic nitrogens is 4. The van der Waals surface area contributed by atoms with Crippen molar-refractivity contribution in [1.29, 1.82) is 0 Å². The molecule has 13 heteroatoms. The first-order chi connectivity index (χ1) is 17.1. The molecule has 0 saturated heterocycles. The van der Waals surface area contributed by atoms with Crippen LogP contribution in [0.3, 0.4) is 0 Å². The molecule has 11 nitrogen and oxygen atoms in total. The molecule has 2 heterocycles. The molecule has 1 fully saturated rings. The van der Waals surface area contributed by atoms with Crippen LogP contribution in [0.4, 0.5) is 5.95 Å². The number of nitrogens with zero attached hydrogens (tertiary/aromatic N) is 4. The normalized spacial score (nSPS) is 17.8. The van der Waals surface area contributed by atoms with E-state index in [9.17, 15) is 19.2 Å². The van der Waals surface area contributed by atoms with E-state index in [1.165, 1.54) is 23.3 Å². The summed E-state index contributed by atoms with van der Waals surface area (Å²) in [5.74, 6) is -1.00. The lowest BCUT2D eigenvalue weighted by Crippen LogP contribution is -2.40. The Balaban J connectivity index is 1.79. The first-order valence-electron chi connectivity index (χ1n) is 11.4. The highest BCUT2D eigenvalue weighted by molar-refractivity contribution is 6.42. The number of rotatable bonds is 7. The molecule has 2 aromatic heterocycles. The highest BCUT2D eigenvalue weighted by atomic mass is 35.5. The number of methoxy groups -OCH3 is 1. The van der Waals surface area contributed by atoms with Crippen LogP contribution in [0.5, 0.6) is 0 Å². The summed E-state index contributed by atoms with van der Waals surface area (Å²) in [6.07, 6.45) is 2.78. The molecule has 0 spiro atoms. The van der Waals surface area contributed by atoms with Gasteiger partial charge in [0.25, 0.3) is 5.56 Å². The number of aryl methyl sites for hydroxylation is 1. The van der Waals surface area contributed by atoms with Gasteiger partial charge in [-0.2, -0.15) is 4.98 Å². The van der Waals surface area contributed by atoms with Crippen LogP contribution in [0.15, 0.2) is 27.8 Å². The largest absolute Gasteiger partial charge is 0.469 e. The SMILES string of the molecule is COC(=O)C1CCCC(Nc2nc3c(c(=O)n(Cc4ccc(Cl)c(Cl)c4)c(=O)n3C)n2CC(N)=O)C1. The van der Waals surface area contributed by atoms with Crippen LogP contribution < -0.4 is 22.3 Å². The number of anilines is 1. The maximum atomic E-state index is 13.5. The average molecular weight is 537 g/mol. The molecule has 36 heavy (non-hydrogen) atoms. The van der Waals surface area contributed by atoms with Crippen molar-refractivity contribution in [3.05, 3.63) is 54.6 Å². The van der Waals surface area contributed by atoms with Gasteiger partial charge in [-0.1, -0.05) is 35.7 Å². The van der Waals surface area contributed by atoms with Crippen molar-refractivity contribution in [2.75, 3.05) is 12.4 Å². The summed E-state index contributed by atoms with van der Waals surface area (Å²) in [6, 6.07) is 4.67. The average Bonchev–Trinajstić information content (AvgIpc) is 3.19. The molecule has 2 unspecified atom stereocenters. The number of carbonyl (C=O) groups excluding carboxylic acids is 2. The summed E-state index contributed by atoms with van der Waals surface area (Å²) < 4.78 is 8.55. The third-order valence-electron chi connectivity index (χ3n) is 6.41. The summed E-state index contributed by atoms with van der Waals surface area (Å²) in [5, 5.41) is 3.90. The second-order valence-corrected chi connectivity index (χ2v) is 9.68. The molecule has 1 aromatic carbocycles. The van der Waals surface area contributed by atoms with E-state index in [0.717, 1.165) is 23.8 Å². The Morgan fingerprint density at radius 3 is 2.61 bits per heavy atom. The molecule has 1 aliphatic carbocycles. The second kappa shape index (κ2) is 10.4. The highest BCUT2D eigenvalue weighted by Gasteiger charge is 2.30. The monoisotopic (exact) mass is 536 g/mol. The van der Waals surface area contributed by atoms with E-state index in [0.29, 0.717) is 22.0 Å². The Bertz CT molecular complexity index is 1460. The Labute approximate surface area is 215 Å². The zero-order valence-electron chi connectivity index (χ0n) is 19.8. The summed E-state index contributed by atoms with van der Waals surface area (Å²) in [7, 11) is 2.85. The van der Waals surface area contributed by atoms with Crippen molar-refractivity contribution in [2.24, 2.45) is 18.7 Å². The number of esters is 1. The van der Waals surface area contributed by atoms with E-state index in [1.807, 2.05) is 0 Å². The van der Waals surface area contributed by atoms with Crippen molar-refractivity contribution < 1.29 is 14.3 Å². The lowest BCUT2D eigenvalue weighted by molar-refractivity contribution is -0.146. The minimum Gasteiger partial charge on any atom is -0.469 e. The number of halogens is 2. The number of nitrogens with one attached hydrogen (secondary N) is 1. The first-order valence-corrected chi connectivity index (χ1v) is 12.1. The van der Waals surface area contributed by atoms with Gasteiger partial charge in [0.05, 0.1) is 29.6 Å². The zero-order valence-corrected chi connectivity index (χ0v) is 21.3. The smallest absolute Gasteiger partial charge is 0.332 e. The number of benzene rings is 1. The molecule has 1 amide bonds. The third kappa shape index (κ3) is 4.98. The number of primary amides is 1. The van der Waals surface area contributed by atoms with E-state index >= 15 is 0 Å². The standard InChI is InChI=1S/C23H26Cl2N6O5/c1-29-19-18(20(33)31(23(29)35)10-12-6-7-15(24)16(25)8-12)30(11-17(26)32)22(28-19)27-14-5-3-4-13(9-14)21(34)36-2/h6-8,13-14H,3-5,9-11H2,1-2H3,(H2,26,32)(H,27,28). The zero-order chi connectivity index (χ0) is 26.1. The third-order valence-corrected chi connectivity index (χ3v) is 7.15. The number of carbonyl (C=O) groups is 2. The minimum absolute atomic E-state index is 0.0544. The molecule has 0 bridgehead atoms. The lowest BCUT2D eigenvalue weighted by Gasteiger charge is -2.28. The molecule has 3 aromatic rings. The number of hydrogen-bond acceptors (Lipinski definition) is 7. The molecular formula is C23H26Cl2N6O5. The van der Waals surface area contributed by atoms with E-state index < -0.39 is 17.2 Å². The number of hydrogen-bond donors (Lipinski definition) is 2. The summed E-state index contributed by atoms with van der Waals surface area (Å²) in [6.45, 7) is -0.390. The van der Waals surface area contributed by atoms with Crippen LogP contribution >= 0.6 is 23.2 Å².